The first-order valence-corrected chi connectivity index (χ1v) is 13.4. The summed E-state index contributed by atoms with van der Waals surface area (Å²) < 4.78 is 37.9. The minimum Gasteiger partial charge on any atom is -0.493 e. The van der Waals surface area contributed by atoms with Crippen LogP contribution >= 0.6 is 35.1 Å². The van der Waals surface area contributed by atoms with Gasteiger partial charge >= 0.3 is 0 Å². The topological polar surface area (TPSA) is 41.6 Å². The minimum absolute atomic E-state index is 0.0354. The van der Waals surface area contributed by atoms with E-state index in [2.05, 4.69) is 9.62 Å². The number of rotatable bonds is 8. The van der Waals surface area contributed by atoms with E-state index in [1.165, 1.54) is 12.1 Å². The fourth-order valence-corrected chi connectivity index (χ4v) is 5.33. The SMILES string of the molecule is CSNC(=O)c1cc(C2CC2)c(OCC2CCN(C(C)c3cc(Cl)cc(Cl)c3F)CC2)cc1F. The van der Waals surface area contributed by atoms with Gasteiger partial charge in [-0.05, 0) is 81.3 Å². The van der Waals surface area contributed by atoms with Gasteiger partial charge in [-0.15, -0.1) is 0 Å². The van der Waals surface area contributed by atoms with Crippen LogP contribution < -0.4 is 9.46 Å². The van der Waals surface area contributed by atoms with Crippen molar-refractivity contribution in [1.82, 2.24) is 9.62 Å². The van der Waals surface area contributed by atoms with Crippen molar-refractivity contribution in [3.05, 3.63) is 62.6 Å². The Morgan fingerprint density at radius 1 is 1.18 bits per heavy atom. The fraction of sp³-hybridized carbons (Fsp3) is 0.480. The van der Waals surface area contributed by atoms with Crippen molar-refractivity contribution < 1.29 is 18.3 Å². The lowest BCUT2D eigenvalue weighted by molar-refractivity contribution is 0.0980. The van der Waals surface area contributed by atoms with Gasteiger partial charge in [0, 0.05) is 29.0 Å². The molecule has 4 nitrogen and oxygen atoms in total. The summed E-state index contributed by atoms with van der Waals surface area (Å²) in [6.07, 6.45) is 5.53. The highest BCUT2D eigenvalue weighted by atomic mass is 35.5. The van der Waals surface area contributed by atoms with Crippen molar-refractivity contribution in [2.24, 2.45) is 5.92 Å². The molecule has 1 saturated heterocycles. The molecule has 1 saturated carbocycles. The molecule has 0 spiro atoms. The van der Waals surface area contributed by atoms with Gasteiger partial charge in [0.2, 0.25) is 0 Å². The summed E-state index contributed by atoms with van der Waals surface area (Å²) in [6.45, 7) is 4.02. The van der Waals surface area contributed by atoms with Gasteiger partial charge in [-0.3, -0.25) is 14.4 Å². The number of nitrogens with one attached hydrogen (secondary N) is 1. The number of ether oxygens (including phenoxy) is 1. The number of hydrogen-bond donors (Lipinski definition) is 1. The second-order valence-corrected chi connectivity index (χ2v) is 10.5. The first-order chi connectivity index (χ1) is 16.3. The van der Waals surface area contributed by atoms with Crippen LogP contribution in [0.25, 0.3) is 0 Å². The van der Waals surface area contributed by atoms with E-state index in [9.17, 15) is 13.6 Å². The Bertz CT molecular complexity index is 1060. The maximum absolute atomic E-state index is 14.6. The average Bonchev–Trinajstić information content (AvgIpc) is 3.65. The summed E-state index contributed by atoms with van der Waals surface area (Å²) in [5.74, 6) is -0.265. The molecule has 1 N–H and O–H groups in total. The lowest BCUT2D eigenvalue weighted by Crippen LogP contribution is -2.37. The molecule has 2 aliphatic rings. The lowest BCUT2D eigenvalue weighted by atomic mass is 9.95. The van der Waals surface area contributed by atoms with Crippen LogP contribution in [-0.4, -0.2) is 36.8 Å². The summed E-state index contributed by atoms with van der Waals surface area (Å²) in [7, 11) is 0. The highest BCUT2D eigenvalue weighted by Gasteiger charge is 2.31. The molecule has 9 heteroatoms. The first kappa shape index (κ1) is 25.5. The third-order valence-corrected chi connectivity index (χ3v) is 7.58. The van der Waals surface area contributed by atoms with Crippen molar-refractivity contribution in [2.45, 2.75) is 44.6 Å². The van der Waals surface area contributed by atoms with Gasteiger partial charge < -0.3 is 4.74 Å². The molecule has 0 radical (unpaired) electrons. The van der Waals surface area contributed by atoms with Gasteiger partial charge in [0.25, 0.3) is 5.91 Å². The van der Waals surface area contributed by atoms with Crippen molar-refractivity contribution >= 4 is 41.1 Å². The Morgan fingerprint density at radius 2 is 1.88 bits per heavy atom. The fourth-order valence-electron chi connectivity index (χ4n) is 4.52. The highest BCUT2D eigenvalue weighted by Crippen LogP contribution is 2.45. The quantitative estimate of drug-likeness (QED) is 0.295. The maximum Gasteiger partial charge on any atom is 0.264 e. The van der Waals surface area contributed by atoms with E-state index in [0.717, 1.165) is 56.3 Å². The zero-order valence-corrected chi connectivity index (χ0v) is 21.5. The van der Waals surface area contributed by atoms with Crippen LogP contribution in [0.4, 0.5) is 8.78 Å². The van der Waals surface area contributed by atoms with E-state index in [-0.39, 0.29) is 16.6 Å². The number of piperidine rings is 1. The molecular weight excluding hydrogens is 501 g/mol. The third-order valence-electron chi connectivity index (χ3n) is 6.70. The van der Waals surface area contributed by atoms with Crippen LogP contribution in [0.15, 0.2) is 24.3 Å². The molecule has 0 aromatic heterocycles. The third kappa shape index (κ3) is 5.81. The summed E-state index contributed by atoms with van der Waals surface area (Å²) in [5, 5.41) is 0.459. The molecular formula is C25H28Cl2F2N2O2S. The predicted octanol–water partition coefficient (Wildman–Crippen LogP) is 7.01. The van der Waals surface area contributed by atoms with E-state index in [1.807, 2.05) is 6.92 Å². The molecule has 2 aromatic carbocycles. The number of benzene rings is 2. The van der Waals surface area contributed by atoms with Crippen LogP contribution in [0, 0.1) is 17.6 Å². The summed E-state index contributed by atoms with van der Waals surface area (Å²) >= 11 is 13.2. The van der Waals surface area contributed by atoms with Gasteiger partial charge in [0.05, 0.1) is 17.2 Å². The maximum atomic E-state index is 14.6. The number of amides is 1. The van der Waals surface area contributed by atoms with Gasteiger partial charge in [0.15, 0.2) is 0 Å². The first-order valence-electron chi connectivity index (χ1n) is 11.5. The van der Waals surface area contributed by atoms with Crippen molar-refractivity contribution in [2.75, 3.05) is 26.0 Å². The number of carbonyl (C=O) groups excluding carboxylic acids is 1. The number of hydrogen-bond acceptors (Lipinski definition) is 4. The second kappa shape index (κ2) is 11.0. The van der Waals surface area contributed by atoms with Crippen LogP contribution in [0.2, 0.25) is 10.0 Å². The number of carbonyl (C=O) groups is 1. The smallest absolute Gasteiger partial charge is 0.264 e. The van der Waals surface area contributed by atoms with Gasteiger partial charge in [0.1, 0.15) is 17.4 Å². The van der Waals surface area contributed by atoms with E-state index >= 15 is 0 Å². The lowest BCUT2D eigenvalue weighted by Gasteiger charge is -2.36. The largest absolute Gasteiger partial charge is 0.493 e. The monoisotopic (exact) mass is 528 g/mol. The summed E-state index contributed by atoms with van der Waals surface area (Å²) in [5.41, 5.74) is 1.47. The molecule has 1 amide bonds. The zero-order valence-electron chi connectivity index (χ0n) is 19.2. The molecule has 0 bridgehead atoms. The van der Waals surface area contributed by atoms with E-state index in [4.69, 9.17) is 27.9 Å². The molecule has 34 heavy (non-hydrogen) atoms. The van der Waals surface area contributed by atoms with Crippen molar-refractivity contribution in [1.29, 1.82) is 0 Å². The predicted molar refractivity (Wildman–Crippen MR) is 134 cm³/mol. The van der Waals surface area contributed by atoms with E-state index < -0.39 is 17.5 Å². The Morgan fingerprint density at radius 3 is 2.53 bits per heavy atom. The molecule has 1 atom stereocenters. The van der Waals surface area contributed by atoms with Crippen LogP contribution in [0.5, 0.6) is 5.75 Å². The number of halogens is 4. The summed E-state index contributed by atoms with van der Waals surface area (Å²) in [4.78, 5) is 14.4. The normalized spacial score (nSPS) is 18.1. The van der Waals surface area contributed by atoms with Crippen LogP contribution in [-0.2, 0) is 0 Å². The zero-order chi connectivity index (χ0) is 24.4. The molecule has 2 aromatic rings. The van der Waals surface area contributed by atoms with Crippen molar-refractivity contribution in [3.8, 4) is 5.75 Å². The minimum atomic E-state index is -0.572. The molecule has 1 aliphatic heterocycles. The molecule has 1 aliphatic carbocycles. The molecule has 1 unspecified atom stereocenters. The standard InChI is InChI=1S/C25H28Cl2F2N2O2S/c1-14(18-9-17(26)10-21(27)24(18)29)31-7-5-15(6-8-31)13-33-23-12-22(28)20(25(32)30-34-2)11-19(23)16-3-4-16/h9-12,14-16H,3-8,13H2,1-2H3,(H,30,32). The number of likely N-dealkylation sites (tertiary alicyclic amines) is 1. The van der Waals surface area contributed by atoms with Crippen LogP contribution in [0.3, 0.4) is 0 Å². The summed E-state index contributed by atoms with van der Waals surface area (Å²) in [6, 6.07) is 5.90. The Labute approximate surface area is 213 Å². The Hall–Kier alpha value is -1.54. The van der Waals surface area contributed by atoms with Gasteiger partial charge in [-0.2, -0.15) is 0 Å². The average molecular weight is 529 g/mol. The molecule has 1 heterocycles. The number of nitrogens with zero attached hydrogens (tertiary/aromatic N) is 1. The van der Waals surface area contributed by atoms with E-state index in [0.29, 0.717) is 34.8 Å². The van der Waals surface area contributed by atoms with Crippen LogP contribution in [0.1, 0.15) is 66.1 Å². The highest BCUT2D eigenvalue weighted by molar-refractivity contribution is 7.97. The second-order valence-electron chi connectivity index (χ2n) is 9.04. The van der Waals surface area contributed by atoms with Crippen molar-refractivity contribution in [3.63, 3.8) is 0 Å². The molecule has 2 fully saturated rings. The molecule has 184 valence electrons. The Balaban J connectivity index is 1.37. The van der Waals surface area contributed by atoms with E-state index in [1.54, 1.807) is 18.4 Å². The Kier molecular flexibility index (Phi) is 8.28. The van der Waals surface area contributed by atoms with Gasteiger partial charge in [-0.1, -0.05) is 35.1 Å². The molecule has 4 rings (SSSR count). The van der Waals surface area contributed by atoms with Gasteiger partial charge in [-0.25, -0.2) is 8.78 Å².